The number of rotatable bonds is 5. The van der Waals surface area contributed by atoms with E-state index in [0.29, 0.717) is 47.2 Å². The van der Waals surface area contributed by atoms with E-state index in [2.05, 4.69) is 9.88 Å². The predicted octanol–water partition coefficient (Wildman–Crippen LogP) is 7.31. The van der Waals surface area contributed by atoms with E-state index in [1.165, 1.54) is 32.0 Å². The third-order valence-electron chi connectivity index (χ3n) is 7.41. The van der Waals surface area contributed by atoms with E-state index in [-0.39, 0.29) is 17.8 Å². The van der Waals surface area contributed by atoms with Gasteiger partial charge in [0, 0.05) is 42.3 Å². The SMILES string of the molecule is CN(C(=O)C(C)(C)c1cc(C(F)(F)F)cc(C(F)(F)F)c1)c1cnc(N2CCC(N)CC2)cc1-c1ccccc1Cl. The summed E-state index contributed by atoms with van der Waals surface area (Å²) in [5, 5.41) is 0.388. The molecule has 0 spiro atoms. The summed E-state index contributed by atoms with van der Waals surface area (Å²) < 4.78 is 81.3. The van der Waals surface area contributed by atoms with Crippen LogP contribution in [0.25, 0.3) is 11.1 Å². The van der Waals surface area contributed by atoms with Crippen molar-refractivity contribution in [1.29, 1.82) is 0 Å². The highest BCUT2D eigenvalue weighted by molar-refractivity contribution is 6.33. The average Bonchev–Trinajstić information content (AvgIpc) is 2.91. The normalized spacial score (nSPS) is 15.2. The highest BCUT2D eigenvalue weighted by Crippen LogP contribution is 2.42. The van der Waals surface area contributed by atoms with Gasteiger partial charge in [-0.25, -0.2) is 4.98 Å². The number of anilines is 2. The van der Waals surface area contributed by atoms with Crippen LogP contribution < -0.4 is 15.5 Å². The first kappa shape index (κ1) is 30.6. The molecule has 1 saturated heterocycles. The first-order valence-corrected chi connectivity index (χ1v) is 13.2. The van der Waals surface area contributed by atoms with Crippen LogP contribution >= 0.6 is 11.6 Å². The first-order chi connectivity index (χ1) is 19.0. The van der Waals surface area contributed by atoms with Crippen molar-refractivity contribution < 1.29 is 31.1 Å². The lowest BCUT2D eigenvalue weighted by atomic mass is 9.81. The maximum Gasteiger partial charge on any atom is 0.416 e. The number of likely N-dealkylation sites (N-methyl/N-ethyl adjacent to an activating group) is 1. The second kappa shape index (κ2) is 11.2. The fourth-order valence-corrected chi connectivity index (χ4v) is 5.11. The number of benzene rings is 2. The highest BCUT2D eigenvalue weighted by Gasteiger charge is 2.41. The van der Waals surface area contributed by atoms with Crippen LogP contribution in [0.5, 0.6) is 0 Å². The standard InChI is InChI=1S/C29H29ClF6N4O/c1-27(2,17-12-18(28(31,32)33)14-19(13-17)29(34,35)36)26(41)39(3)24-16-38-25(40-10-8-20(37)9-11-40)15-22(24)21-6-4-5-7-23(21)30/h4-7,12-16,20H,8-11,37H2,1-3H3. The number of aromatic nitrogens is 1. The van der Waals surface area contributed by atoms with E-state index in [1.54, 1.807) is 30.3 Å². The van der Waals surface area contributed by atoms with Crippen molar-refractivity contribution in [1.82, 2.24) is 4.98 Å². The molecule has 3 aromatic rings. The number of nitrogens with zero attached hydrogens (tertiary/aromatic N) is 3. The predicted molar refractivity (Wildman–Crippen MR) is 147 cm³/mol. The topological polar surface area (TPSA) is 62.5 Å². The van der Waals surface area contributed by atoms with E-state index in [1.807, 2.05) is 0 Å². The van der Waals surface area contributed by atoms with E-state index < -0.39 is 40.4 Å². The number of alkyl halides is 6. The van der Waals surface area contributed by atoms with Crippen LogP contribution in [0.4, 0.5) is 37.8 Å². The Balaban J connectivity index is 1.79. The van der Waals surface area contributed by atoms with Crippen molar-refractivity contribution in [2.45, 2.75) is 50.5 Å². The van der Waals surface area contributed by atoms with Crippen molar-refractivity contribution in [3.63, 3.8) is 0 Å². The Kier molecular flexibility index (Phi) is 8.35. The quantitative estimate of drug-likeness (QED) is 0.313. The van der Waals surface area contributed by atoms with Crippen molar-refractivity contribution in [3.05, 3.63) is 76.4 Å². The van der Waals surface area contributed by atoms with Crippen LogP contribution in [0, 0.1) is 0 Å². The molecule has 2 N–H and O–H groups in total. The minimum Gasteiger partial charge on any atom is -0.356 e. The summed E-state index contributed by atoms with van der Waals surface area (Å²) in [5.74, 6) is -0.111. The van der Waals surface area contributed by atoms with Gasteiger partial charge in [0.1, 0.15) is 5.82 Å². The van der Waals surface area contributed by atoms with Gasteiger partial charge in [-0.2, -0.15) is 26.3 Å². The van der Waals surface area contributed by atoms with Crippen LogP contribution in [-0.2, 0) is 22.6 Å². The van der Waals surface area contributed by atoms with Gasteiger partial charge < -0.3 is 15.5 Å². The second-order valence-corrected chi connectivity index (χ2v) is 11.1. The summed E-state index contributed by atoms with van der Waals surface area (Å²) in [6.07, 6.45) is -7.08. The molecule has 0 saturated carbocycles. The van der Waals surface area contributed by atoms with Crippen molar-refractivity contribution in [3.8, 4) is 11.1 Å². The van der Waals surface area contributed by atoms with Crippen LogP contribution in [0.15, 0.2) is 54.7 Å². The molecule has 0 radical (unpaired) electrons. The van der Waals surface area contributed by atoms with E-state index in [9.17, 15) is 31.1 Å². The van der Waals surface area contributed by atoms with E-state index in [0.717, 1.165) is 12.8 Å². The zero-order valence-corrected chi connectivity index (χ0v) is 23.3. The fraction of sp³-hybridized carbons (Fsp3) is 0.379. The van der Waals surface area contributed by atoms with Crippen molar-refractivity contribution in [2.24, 2.45) is 5.73 Å². The highest BCUT2D eigenvalue weighted by atomic mass is 35.5. The zero-order chi connectivity index (χ0) is 30.3. The molecule has 1 fully saturated rings. The van der Waals surface area contributed by atoms with Crippen LogP contribution in [0.3, 0.4) is 0 Å². The molecule has 0 atom stereocenters. The maximum atomic E-state index is 13.9. The Labute approximate surface area is 238 Å². The van der Waals surface area contributed by atoms with Crippen molar-refractivity contribution in [2.75, 3.05) is 29.9 Å². The van der Waals surface area contributed by atoms with Gasteiger partial charge in [-0.1, -0.05) is 29.8 Å². The summed E-state index contributed by atoms with van der Waals surface area (Å²) in [6, 6.07) is 10.00. The molecule has 2 aromatic carbocycles. The Bertz CT molecular complexity index is 1400. The Morgan fingerprint density at radius 2 is 1.46 bits per heavy atom. The Morgan fingerprint density at radius 3 is 2.00 bits per heavy atom. The molecule has 41 heavy (non-hydrogen) atoms. The lowest BCUT2D eigenvalue weighted by Crippen LogP contribution is -2.42. The number of halogens is 7. The molecular formula is C29H29ClF6N4O. The molecule has 2 heterocycles. The summed E-state index contributed by atoms with van der Waals surface area (Å²) in [5.41, 5.74) is 2.24. The monoisotopic (exact) mass is 598 g/mol. The largest absolute Gasteiger partial charge is 0.416 e. The Morgan fingerprint density at radius 1 is 0.927 bits per heavy atom. The van der Waals surface area contributed by atoms with Crippen LogP contribution in [0.2, 0.25) is 5.02 Å². The number of carbonyl (C=O) groups excluding carboxylic acids is 1. The van der Waals surface area contributed by atoms with Gasteiger partial charge in [0.15, 0.2) is 0 Å². The minimum atomic E-state index is -5.05. The summed E-state index contributed by atoms with van der Waals surface area (Å²) in [6.45, 7) is 3.92. The fourth-order valence-electron chi connectivity index (χ4n) is 4.87. The maximum absolute atomic E-state index is 13.9. The second-order valence-electron chi connectivity index (χ2n) is 10.6. The molecule has 1 aliphatic rings. The van der Waals surface area contributed by atoms with Gasteiger partial charge >= 0.3 is 12.4 Å². The third-order valence-corrected chi connectivity index (χ3v) is 7.74. The van der Waals surface area contributed by atoms with Gasteiger partial charge in [0.05, 0.1) is 28.4 Å². The van der Waals surface area contributed by atoms with Gasteiger partial charge in [-0.05, 0) is 62.6 Å². The molecule has 5 nitrogen and oxygen atoms in total. The number of hydrogen-bond donors (Lipinski definition) is 1. The van der Waals surface area contributed by atoms with Crippen LogP contribution in [0.1, 0.15) is 43.4 Å². The Hall–Kier alpha value is -3.31. The molecule has 1 amide bonds. The van der Waals surface area contributed by atoms with Crippen molar-refractivity contribution >= 4 is 29.0 Å². The zero-order valence-electron chi connectivity index (χ0n) is 22.6. The number of piperidine rings is 1. The lowest BCUT2D eigenvalue weighted by molar-refractivity contribution is -0.143. The molecule has 12 heteroatoms. The molecule has 220 valence electrons. The lowest BCUT2D eigenvalue weighted by Gasteiger charge is -2.33. The number of nitrogens with two attached hydrogens (primary N) is 1. The molecule has 1 aromatic heterocycles. The first-order valence-electron chi connectivity index (χ1n) is 12.8. The molecule has 4 rings (SSSR count). The van der Waals surface area contributed by atoms with Gasteiger partial charge in [0.2, 0.25) is 5.91 Å². The van der Waals surface area contributed by atoms with Crippen LogP contribution in [-0.4, -0.2) is 37.1 Å². The summed E-state index contributed by atoms with van der Waals surface area (Å²) in [4.78, 5) is 21.6. The number of hydrogen-bond acceptors (Lipinski definition) is 4. The minimum absolute atomic E-state index is 0.0411. The number of carbonyl (C=O) groups is 1. The van der Waals surface area contributed by atoms with Gasteiger partial charge in [-0.3, -0.25) is 4.79 Å². The number of pyridine rings is 1. The summed E-state index contributed by atoms with van der Waals surface area (Å²) in [7, 11) is 1.40. The third kappa shape index (κ3) is 6.46. The molecular weight excluding hydrogens is 570 g/mol. The van der Waals surface area contributed by atoms with Gasteiger partial charge in [0.25, 0.3) is 0 Å². The molecule has 1 aliphatic heterocycles. The van der Waals surface area contributed by atoms with E-state index >= 15 is 0 Å². The molecule has 0 unspecified atom stereocenters. The van der Waals surface area contributed by atoms with Gasteiger partial charge in [-0.15, -0.1) is 0 Å². The summed E-state index contributed by atoms with van der Waals surface area (Å²) >= 11 is 6.51. The van der Waals surface area contributed by atoms with E-state index in [4.69, 9.17) is 17.3 Å². The average molecular weight is 599 g/mol. The smallest absolute Gasteiger partial charge is 0.356 e. The molecule has 0 aliphatic carbocycles. The molecule has 0 bridgehead atoms. The number of amides is 1.